The van der Waals surface area contributed by atoms with E-state index in [1.54, 1.807) is 29.2 Å². The van der Waals surface area contributed by atoms with Gasteiger partial charge in [0.2, 0.25) is 5.91 Å². The van der Waals surface area contributed by atoms with Crippen molar-refractivity contribution in [2.75, 3.05) is 18.4 Å². The largest absolute Gasteiger partial charge is 0.490 e. The molecule has 0 unspecified atom stereocenters. The highest BCUT2D eigenvalue weighted by molar-refractivity contribution is 5.96. The maximum Gasteiger partial charge on any atom is 0.272 e. The van der Waals surface area contributed by atoms with Crippen LogP contribution in [-0.2, 0) is 4.79 Å². The number of carbonyl (C=O) groups is 3. The fraction of sp³-hybridized carbons (Fsp3) is 0.400. The number of carbonyl (C=O) groups excluding carboxylic acids is 3. The van der Waals surface area contributed by atoms with E-state index in [0.717, 1.165) is 50.0 Å². The van der Waals surface area contributed by atoms with Crippen LogP contribution in [-0.4, -0.2) is 58.9 Å². The molecule has 0 radical (unpaired) electrons. The molecule has 45 heavy (non-hydrogen) atoms. The van der Waals surface area contributed by atoms with E-state index < -0.39 is 0 Å². The summed E-state index contributed by atoms with van der Waals surface area (Å²) in [7, 11) is 0. The van der Waals surface area contributed by atoms with Crippen LogP contribution in [0.1, 0.15) is 77.8 Å². The molecule has 2 saturated carbocycles. The van der Waals surface area contributed by atoms with Crippen LogP contribution in [0.3, 0.4) is 0 Å². The highest BCUT2D eigenvalue weighted by atomic mass is 16.5. The Morgan fingerprint density at radius 1 is 0.822 bits per heavy atom. The molecular formula is C35H37N5O5. The Morgan fingerprint density at radius 2 is 1.53 bits per heavy atom. The van der Waals surface area contributed by atoms with Crippen molar-refractivity contribution in [2.45, 2.75) is 69.6 Å². The molecule has 2 aromatic carbocycles. The predicted molar refractivity (Wildman–Crippen MR) is 167 cm³/mol. The molecule has 10 heteroatoms. The molecule has 1 saturated heterocycles. The Bertz CT molecular complexity index is 1550. The molecule has 0 spiro atoms. The van der Waals surface area contributed by atoms with Crippen molar-refractivity contribution < 1.29 is 23.9 Å². The van der Waals surface area contributed by atoms with Crippen molar-refractivity contribution in [1.82, 2.24) is 15.2 Å². The average molecular weight is 608 g/mol. The van der Waals surface area contributed by atoms with E-state index in [-0.39, 0.29) is 41.9 Å². The van der Waals surface area contributed by atoms with Crippen LogP contribution in [0.25, 0.3) is 0 Å². The van der Waals surface area contributed by atoms with Crippen molar-refractivity contribution in [3.8, 4) is 17.6 Å². The van der Waals surface area contributed by atoms with Crippen LogP contribution in [0.4, 0.5) is 5.69 Å². The first kappa shape index (κ1) is 30.1. The highest BCUT2D eigenvalue weighted by Crippen LogP contribution is 2.31. The minimum Gasteiger partial charge on any atom is -0.490 e. The van der Waals surface area contributed by atoms with Gasteiger partial charge in [-0.25, -0.2) is 0 Å². The minimum absolute atomic E-state index is 0.0277. The summed E-state index contributed by atoms with van der Waals surface area (Å²) in [4.78, 5) is 44.2. The van der Waals surface area contributed by atoms with E-state index in [4.69, 9.17) is 14.7 Å². The molecule has 6 rings (SSSR count). The monoisotopic (exact) mass is 607 g/mol. The molecule has 0 atom stereocenters. The molecule has 10 nitrogen and oxygen atoms in total. The number of hydrogen-bond acceptors (Lipinski definition) is 7. The minimum atomic E-state index is -0.202. The van der Waals surface area contributed by atoms with Gasteiger partial charge in [0.25, 0.3) is 11.8 Å². The first-order valence-corrected chi connectivity index (χ1v) is 15.7. The summed E-state index contributed by atoms with van der Waals surface area (Å²) in [5.41, 5.74) is 2.07. The number of rotatable bonds is 9. The Labute approximate surface area is 262 Å². The van der Waals surface area contributed by atoms with Crippen LogP contribution in [0.15, 0.2) is 66.9 Å². The number of pyridine rings is 1. The van der Waals surface area contributed by atoms with Crippen molar-refractivity contribution >= 4 is 23.4 Å². The Hall–Kier alpha value is -4.91. The van der Waals surface area contributed by atoms with Crippen LogP contribution >= 0.6 is 0 Å². The molecule has 0 bridgehead atoms. The molecule has 1 aliphatic heterocycles. The number of ether oxygens (including phenoxy) is 2. The maximum absolute atomic E-state index is 13.1. The number of nitrogens with zero attached hydrogens (tertiary/aromatic N) is 3. The van der Waals surface area contributed by atoms with Crippen LogP contribution in [0.2, 0.25) is 0 Å². The Balaban J connectivity index is 0.926. The van der Waals surface area contributed by atoms with Gasteiger partial charge in [0, 0.05) is 55.8 Å². The highest BCUT2D eigenvalue weighted by Gasteiger charge is 2.30. The summed E-state index contributed by atoms with van der Waals surface area (Å²) >= 11 is 0. The number of benzene rings is 2. The van der Waals surface area contributed by atoms with E-state index in [2.05, 4.69) is 21.7 Å². The molecule has 3 aromatic rings. The second kappa shape index (κ2) is 13.8. The molecular weight excluding hydrogens is 570 g/mol. The van der Waals surface area contributed by atoms with Crippen LogP contribution < -0.4 is 20.1 Å². The van der Waals surface area contributed by atoms with Crippen LogP contribution in [0.5, 0.6) is 11.5 Å². The number of amides is 3. The molecule has 3 fully saturated rings. The number of nitriles is 1. The Morgan fingerprint density at radius 3 is 2.20 bits per heavy atom. The third kappa shape index (κ3) is 7.98. The lowest BCUT2D eigenvalue weighted by molar-refractivity contribution is -0.117. The summed E-state index contributed by atoms with van der Waals surface area (Å²) < 4.78 is 12.2. The fourth-order valence-electron chi connectivity index (χ4n) is 5.82. The number of hydrogen-bond donors (Lipinski definition) is 2. The number of aromatic nitrogens is 1. The van der Waals surface area contributed by atoms with Gasteiger partial charge in [-0.1, -0.05) is 6.07 Å². The molecule has 3 aliphatic rings. The molecule has 2 heterocycles. The summed E-state index contributed by atoms with van der Waals surface area (Å²) in [5.74, 6) is 1.29. The third-order valence-corrected chi connectivity index (χ3v) is 8.62. The number of piperidine rings is 1. The first-order chi connectivity index (χ1) is 21.9. The van der Waals surface area contributed by atoms with E-state index in [0.29, 0.717) is 48.5 Å². The van der Waals surface area contributed by atoms with Gasteiger partial charge in [0.1, 0.15) is 23.3 Å². The van der Waals surface area contributed by atoms with Gasteiger partial charge in [-0.15, -0.1) is 0 Å². The zero-order chi connectivity index (χ0) is 31.2. The average Bonchev–Trinajstić information content (AvgIpc) is 3.93. The second-order valence-corrected chi connectivity index (χ2v) is 12.0. The second-order valence-electron chi connectivity index (χ2n) is 12.0. The summed E-state index contributed by atoms with van der Waals surface area (Å²) in [6, 6.07) is 20.0. The van der Waals surface area contributed by atoms with Crippen molar-refractivity contribution in [3.63, 3.8) is 0 Å². The van der Waals surface area contributed by atoms with E-state index in [1.165, 1.54) is 6.20 Å². The van der Waals surface area contributed by atoms with Crippen molar-refractivity contribution in [1.29, 1.82) is 5.26 Å². The lowest BCUT2D eigenvalue weighted by Crippen LogP contribution is -2.42. The van der Waals surface area contributed by atoms with Crippen LogP contribution in [0, 0.1) is 17.2 Å². The fourth-order valence-corrected chi connectivity index (χ4v) is 5.82. The van der Waals surface area contributed by atoms with Gasteiger partial charge in [-0.05, 0) is 87.1 Å². The summed E-state index contributed by atoms with van der Waals surface area (Å²) in [5, 5.41) is 15.0. The van der Waals surface area contributed by atoms with Gasteiger partial charge in [-0.3, -0.25) is 19.4 Å². The zero-order valence-electron chi connectivity index (χ0n) is 25.1. The molecule has 2 N–H and O–H groups in total. The molecule has 1 aromatic heterocycles. The van der Waals surface area contributed by atoms with Gasteiger partial charge in [-0.2, -0.15) is 5.26 Å². The first-order valence-electron chi connectivity index (χ1n) is 15.7. The SMILES string of the molecule is N#Cc1ccc(OC2CCC(NC(=O)c3ccc(C(=O)N4CCC(Oc5cccc(NC(=O)C6CC6)c5)CC4)nc3)CC2)cc1. The van der Waals surface area contributed by atoms with Gasteiger partial charge in [0.05, 0.1) is 23.3 Å². The molecule has 3 amide bonds. The van der Waals surface area contributed by atoms with Gasteiger partial charge >= 0.3 is 0 Å². The zero-order valence-corrected chi connectivity index (χ0v) is 25.1. The van der Waals surface area contributed by atoms with Crippen molar-refractivity contribution in [3.05, 3.63) is 83.7 Å². The summed E-state index contributed by atoms with van der Waals surface area (Å²) in [6.07, 6.45) is 8.05. The van der Waals surface area contributed by atoms with Gasteiger partial charge in [0.15, 0.2) is 0 Å². The lowest BCUT2D eigenvalue weighted by atomic mass is 9.92. The van der Waals surface area contributed by atoms with E-state index in [9.17, 15) is 14.4 Å². The normalized spacial score (nSPS) is 20.0. The summed E-state index contributed by atoms with van der Waals surface area (Å²) in [6.45, 7) is 1.09. The topological polar surface area (TPSA) is 134 Å². The quantitative estimate of drug-likeness (QED) is 0.346. The lowest BCUT2D eigenvalue weighted by Gasteiger charge is -2.32. The van der Waals surface area contributed by atoms with Crippen molar-refractivity contribution in [2.24, 2.45) is 5.92 Å². The van der Waals surface area contributed by atoms with Gasteiger partial charge < -0.3 is 25.0 Å². The molecule has 232 valence electrons. The Kier molecular flexibility index (Phi) is 9.24. The van der Waals surface area contributed by atoms with E-state index >= 15 is 0 Å². The molecule has 2 aliphatic carbocycles. The predicted octanol–water partition coefficient (Wildman–Crippen LogP) is 5.11. The number of anilines is 1. The number of nitrogens with one attached hydrogen (secondary N) is 2. The standard InChI is InChI=1S/C35H37N5O5/c36-21-23-4-11-28(12-5-23)44-29-13-9-26(10-14-29)38-34(42)25-8-15-32(37-22-25)35(43)40-18-16-30(17-19-40)45-31-3-1-2-27(20-31)39-33(41)24-6-7-24/h1-5,8,11-12,15,20,22,24,26,29-30H,6-7,9-10,13-14,16-19H2,(H,38,42)(H,39,41). The smallest absolute Gasteiger partial charge is 0.272 e. The third-order valence-electron chi connectivity index (χ3n) is 8.62. The maximum atomic E-state index is 13.1. The van der Waals surface area contributed by atoms with E-state index in [1.807, 2.05) is 36.4 Å². The number of likely N-dealkylation sites (tertiary alicyclic amines) is 1.